The maximum absolute atomic E-state index is 13.8. The molecule has 2 aromatic heterocycles. The third-order valence-electron chi connectivity index (χ3n) is 4.15. The lowest BCUT2D eigenvalue weighted by molar-refractivity contribution is 0.640. The Balaban J connectivity index is 1.67. The van der Waals surface area contributed by atoms with E-state index in [2.05, 4.69) is 25.5 Å². The van der Waals surface area contributed by atoms with E-state index in [-0.39, 0.29) is 23.0 Å². The number of anilines is 1. The summed E-state index contributed by atoms with van der Waals surface area (Å²) in [5, 5.41) is 13.8. The van der Waals surface area contributed by atoms with Crippen molar-refractivity contribution in [1.29, 1.82) is 5.26 Å². The predicted molar refractivity (Wildman–Crippen MR) is 104 cm³/mol. The van der Waals surface area contributed by atoms with Crippen LogP contribution in [0.15, 0.2) is 64.6 Å². The summed E-state index contributed by atoms with van der Waals surface area (Å²) >= 11 is 0. The van der Waals surface area contributed by atoms with Crippen LogP contribution in [-0.2, 0) is 0 Å². The van der Waals surface area contributed by atoms with Crippen LogP contribution in [0.2, 0.25) is 0 Å². The second-order valence-corrected chi connectivity index (χ2v) is 5.89. The first-order valence-corrected chi connectivity index (χ1v) is 8.32. The van der Waals surface area contributed by atoms with Crippen LogP contribution in [0.1, 0.15) is 11.1 Å². The van der Waals surface area contributed by atoms with Gasteiger partial charge in [0.15, 0.2) is 0 Å². The van der Waals surface area contributed by atoms with E-state index in [0.717, 1.165) is 0 Å². The summed E-state index contributed by atoms with van der Waals surface area (Å²) in [4.78, 5) is 22.0. The number of nitrogens with one attached hydrogen (secondary N) is 3. The zero-order chi connectivity index (χ0) is 19.5. The number of H-pyrrole nitrogens is 2. The second-order valence-electron chi connectivity index (χ2n) is 5.89. The Labute approximate surface area is 158 Å². The van der Waals surface area contributed by atoms with E-state index in [9.17, 15) is 14.4 Å². The maximum atomic E-state index is 13.8. The average molecular weight is 372 g/mol. The van der Waals surface area contributed by atoms with Gasteiger partial charge in [0, 0.05) is 22.7 Å². The minimum Gasteiger partial charge on any atom is -0.361 e. The fourth-order valence-electron chi connectivity index (χ4n) is 2.85. The Kier molecular flexibility index (Phi) is 4.40. The number of benzene rings is 2. The highest BCUT2D eigenvalue weighted by Gasteiger charge is 2.13. The van der Waals surface area contributed by atoms with E-state index in [0.29, 0.717) is 22.0 Å². The minimum atomic E-state index is -0.567. The largest absolute Gasteiger partial charge is 0.361 e. The van der Waals surface area contributed by atoms with E-state index < -0.39 is 5.56 Å². The van der Waals surface area contributed by atoms with Gasteiger partial charge in [-0.1, -0.05) is 30.3 Å². The van der Waals surface area contributed by atoms with Gasteiger partial charge in [0.25, 0.3) is 5.56 Å². The fraction of sp³-hybridized carbons (Fsp3) is 0. The van der Waals surface area contributed by atoms with Crippen LogP contribution in [0.5, 0.6) is 0 Å². The van der Waals surface area contributed by atoms with Gasteiger partial charge in [0.05, 0.1) is 17.4 Å². The molecule has 0 aliphatic heterocycles. The Morgan fingerprint density at radius 1 is 1.18 bits per heavy atom. The number of hydrazone groups is 1. The van der Waals surface area contributed by atoms with Crippen molar-refractivity contribution < 1.29 is 4.39 Å². The molecular formula is C20H13FN6O. The summed E-state index contributed by atoms with van der Waals surface area (Å²) in [6.07, 6.45) is 3.13. The second kappa shape index (κ2) is 7.17. The summed E-state index contributed by atoms with van der Waals surface area (Å²) < 4.78 is 13.8. The molecular weight excluding hydrogens is 359 g/mol. The molecule has 8 heteroatoms. The van der Waals surface area contributed by atoms with Crippen molar-refractivity contribution in [2.24, 2.45) is 5.10 Å². The first-order chi connectivity index (χ1) is 13.7. The highest BCUT2D eigenvalue weighted by Crippen LogP contribution is 2.20. The van der Waals surface area contributed by atoms with Crippen molar-refractivity contribution in [3.05, 3.63) is 82.0 Å². The Hall–Kier alpha value is -4.25. The molecule has 2 heterocycles. The Morgan fingerprint density at radius 2 is 2.00 bits per heavy atom. The lowest BCUT2D eigenvalue weighted by atomic mass is 10.1. The summed E-state index contributed by atoms with van der Waals surface area (Å²) in [5.41, 5.74) is 4.18. The molecule has 0 amide bonds. The molecule has 0 fully saturated rings. The van der Waals surface area contributed by atoms with Crippen molar-refractivity contribution in [2.45, 2.75) is 0 Å². The zero-order valence-corrected chi connectivity index (χ0v) is 14.4. The van der Waals surface area contributed by atoms with Crippen LogP contribution in [0.25, 0.3) is 22.2 Å². The highest BCUT2D eigenvalue weighted by molar-refractivity contribution is 5.98. The quantitative estimate of drug-likeness (QED) is 0.377. The molecule has 0 saturated heterocycles. The summed E-state index contributed by atoms with van der Waals surface area (Å²) in [6, 6.07) is 15.4. The van der Waals surface area contributed by atoms with Gasteiger partial charge >= 0.3 is 0 Å². The van der Waals surface area contributed by atoms with Gasteiger partial charge in [-0.05, 0) is 18.2 Å². The van der Waals surface area contributed by atoms with Gasteiger partial charge in [-0.15, -0.1) is 0 Å². The summed E-state index contributed by atoms with van der Waals surface area (Å²) in [5.74, 6) is -0.240. The first kappa shape index (κ1) is 17.2. The standard InChI is InChI=1S/C20H13FN6O/c21-16-7-6-13(17-14(16)8-9-23-17)11-24-27-20-25-18(12-4-2-1-3-5-12)15(10-22)19(28)26-20/h1-9,11,23H,(H2,25,26,27,28). The maximum Gasteiger partial charge on any atom is 0.270 e. The van der Waals surface area contributed by atoms with Crippen LogP contribution >= 0.6 is 0 Å². The zero-order valence-electron chi connectivity index (χ0n) is 14.4. The van der Waals surface area contributed by atoms with Crippen LogP contribution in [-0.4, -0.2) is 21.2 Å². The van der Waals surface area contributed by atoms with Crippen LogP contribution in [0.3, 0.4) is 0 Å². The lowest BCUT2D eigenvalue weighted by Gasteiger charge is -2.06. The van der Waals surface area contributed by atoms with Gasteiger partial charge in [0.2, 0.25) is 5.95 Å². The predicted octanol–water partition coefficient (Wildman–Crippen LogP) is 3.37. The Bertz CT molecular complexity index is 1280. The fourth-order valence-corrected chi connectivity index (χ4v) is 2.85. The smallest absolute Gasteiger partial charge is 0.270 e. The molecule has 4 aromatic rings. The van der Waals surface area contributed by atoms with Gasteiger partial charge in [-0.25, -0.2) is 14.8 Å². The van der Waals surface area contributed by atoms with Gasteiger partial charge in [0.1, 0.15) is 17.4 Å². The number of rotatable bonds is 4. The van der Waals surface area contributed by atoms with Crippen LogP contribution in [0.4, 0.5) is 10.3 Å². The normalized spacial score (nSPS) is 11.0. The highest BCUT2D eigenvalue weighted by atomic mass is 19.1. The molecule has 7 nitrogen and oxygen atoms in total. The van der Waals surface area contributed by atoms with Crippen molar-refractivity contribution in [3.63, 3.8) is 0 Å². The Morgan fingerprint density at radius 3 is 2.79 bits per heavy atom. The number of nitrogens with zero attached hydrogens (tertiary/aromatic N) is 3. The average Bonchev–Trinajstić information content (AvgIpc) is 3.21. The molecule has 0 unspecified atom stereocenters. The van der Waals surface area contributed by atoms with Crippen molar-refractivity contribution >= 4 is 23.1 Å². The van der Waals surface area contributed by atoms with Gasteiger partial charge < -0.3 is 4.98 Å². The molecule has 3 N–H and O–H groups in total. The van der Waals surface area contributed by atoms with E-state index >= 15 is 0 Å². The molecule has 0 radical (unpaired) electrons. The number of halogens is 1. The minimum absolute atomic E-state index is 0.0765. The molecule has 28 heavy (non-hydrogen) atoms. The molecule has 0 aliphatic rings. The van der Waals surface area contributed by atoms with Gasteiger partial charge in [-0.2, -0.15) is 10.4 Å². The van der Waals surface area contributed by atoms with E-state index in [1.54, 1.807) is 42.6 Å². The number of hydrogen-bond acceptors (Lipinski definition) is 5. The topological polar surface area (TPSA) is 110 Å². The monoisotopic (exact) mass is 372 g/mol. The molecule has 0 aliphatic carbocycles. The van der Waals surface area contributed by atoms with E-state index in [4.69, 9.17) is 0 Å². The van der Waals surface area contributed by atoms with Gasteiger partial charge in [-0.3, -0.25) is 9.78 Å². The van der Waals surface area contributed by atoms with Crippen LogP contribution < -0.4 is 11.0 Å². The molecule has 136 valence electrons. The molecule has 0 saturated carbocycles. The first-order valence-electron chi connectivity index (χ1n) is 8.32. The third-order valence-corrected chi connectivity index (χ3v) is 4.15. The molecule has 0 spiro atoms. The van der Waals surface area contributed by atoms with Crippen molar-refractivity contribution in [2.75, 3.05) is 5.43 Å². The molecule has 4 rings (SSSR count). The van der Waals surface area contributed by atoms with E-state index in [1.165, 1.54) is 12.3 Å². The van der Waals surface area contributed by atoms with E-state index in [1.807, 2.05) is 12.1 Å². The SMILES string of the molecule is N#Cc1c(-c2ccccc2)nc(NN=Cc2ccc(F)c3cc[nH]c23)[nH]c1=O. The number of fused-ring (bicyclic) bond motifs is 1. The number of aromatic nitrogens is 3. The molecule has 0 atom stereocenters. The number of aromatic amines is 2. The lowest BCUT2D eigenvalue weighted by Crippen LogP contribution is -2.16. The third kappa shape index (κ3) is 3.12. The molecule has 2 aromatic carbocycles. The van der Waals surface area contributed by atoms with Crippen molar-refractivity contribution in [1.82, 2.24) is 15.0 Å². The molecule has 0 bridgehead atoms. The number of hydrogen-bond donors (Lipinski definition) is 3. The summed E-state index contributed by atoms with van der Waals surface area (Å²) in [7, 11) is 0. The summed E-state index contributed by atoms with van der Waals surface area (Å²) in [6.45, 7) is 0. The number of nitriles is 1. The van der Waals surface area contributed by atoms with Crippen molar-refractivity contribution in [3.8, 4) is 17.3 Å². The van der Waals surface area contributed by atoms with Crippen LogP contribution in [0, 0.1) is 17.1 Å².